The quantitative estimate of drug-likeness (QED) is 0.431. The van der Waals surface area contributed by atoms with Crippen molar-refractivity contribution in [2.45, 2.75) is 53.0 Å². The Morgan fingerprint density at radius 2 is 1.93 bits per heavy atom. The first-order valence-corrected chi connectivity index (χ1v) is 10.4. The third kappa shape index (κ3) is 8.96. The first-order valence-electron chi connectivity index (χ1n) is 9.60. The number of halogens is 2. The van der Waals surface area contributed by atoms with Crippen LogP contribution in [-0.2, 0) is 4.74 Å². The van der Waals surface area contributed by atoms with Crippen LogP contribution in [0.2, 0.25) is 10.0 Å². The molecule has 1 aromatic carbocycles. The largest absolute Gasteiger partial charge is 0.465 e. The number of rotatable bonds is 10. The second-order valence-electron chi connectivity index (χ2n) is 6.38. The Morgan fingerprint density at radius 1 is 1.22 bits per heavy atom. The fourth-order valence-electron chi connectivity index (χ4n) is 2.53. The lowest BCUT2D eigenvalue weighted by molar-refractivity contribution is 0.0965. The Hall–Kier alpha value is -1.30. The maximum atomic E-state index is 12.5. The number of aliphatic imine (C=N–C) groups is 1. The van der Waals surface area contributed by atoms with Crippen LogP contribution in [-0.4, -0.2) is 49.1 Å². The van der Waals surface area contributed by atoms with Gasteiger partial charge in [-0.05, 0) is 64.0 Å². The minimum Gasteiger partial charge on any atom is -0.465 e. The van der Waals surface area contributed by atoms with Gasteiger partial charge < -0.3 is 9.64 Å². The molecule has 0 unspecified atom stereocenters. The van der Waals surface area contributed by atoms with Crippen molar-refractivity contribution >= 4 is 35.1 Å². The third-order valence-corrected chi connectivity index (χ3v) is 4.91. The number of carbonyl (C=O) groups is 1. The van der Waals surface area contributed by atoms with Gasteiger partial charge in [-0.25, -0.2) is 4.99 Å². The number of nitrogens with zero attached hydrogens (tertiary/aromatic N) is 2. The summed E-state index contributed by atoms with van der Waals surface area (Å²) in [5, 5.41) is 3.49. The van der Waals surface area contributed by atoms with Gasteiger partial charge in [0, 0.05) is 5.56 Å². The monoisotopic (exact) mass is 415 g/mol. The molecule has 5 nitrogen and oxygen atoms in total. The molecule has 0 spiro atoms. The van der Waals surface area contributed by atoms with E-state index in [1.54, 1.807) is 12.1 Å². The lowest BCUT2D eigenvalue weighted by atomic mass is 10.2. The summed E-state index contributed by atoms with van der Waals surface area (Å²) in [7, 11) is 0. The molecule has 0 heterocycles. The second-order valence-corrected chi connectivity index (χ2v) is 7.20. The summed E-state index contributed by atoms with van der Waals surface area (Å²) in [6, 6.07) is 5.06. The first kappa shape index (κ1) is 23.7. The summed E-state index contributed by atoms with van der Waals surface area (Å²) in [5.41, 5.74) is 0.409. The maximum Gasteiger partial charge on any atom is 0.291 e. The predicted molar refractivity (Wildman–Crippen MR) is 114 cm³/mol. The van der Waals surface area contributed by atoms with E-state index in [4.69, 9.17) is 27.9 Å². The van der Waals surface area contributed by atoms with Gasteiger partial charge >= 0.3 is 0 Å². The standard InChI is InChI=1S/C20H31Cl2N3O2/c1-5-13-27-20(23-15(4)9-8-12-25(6-2)7-3)24-19(26)16-10-11-17(21)18(22)14-16/h10-11,14-15H,5-9,12-13H2,1-4H3,(H,23,24,26)/t15-/m1/s1. The first-order chi connectivity index (χ1) is 12.9. The molecule has 1 atom stereocenters. The molecule has 1 N–H and O–H groups in total. The normalized spacial score (nSPS) is 12.9. The number of nitrogens with one attached hydrogen (secondary N) is 1. The third-order valence-electron chi connectivity index (χ3n) is 4.17. The molecule has 0 fully saturated rings. The molecule has 1 amide bonds. The van der Waals surface area contributed by atoms with Gasteiger partial charge in [-0.2, -0.15) is 0 Å². The van der Waals surface area contributed by atoms with Crippen LogP contribution in [0.1, 0.15) is 57.3 Å². The van der Waals surface area contributed by atoms with Gasteiger partial charge in [0.2, 0.25) is 0 Å². The van der Waals surface area contributed by atoms with E-state index in [0.717, 1.165) is 38.9 Å². The number of hydrogen-bond donors (Lipinski definition) is 1. The van der Waals surface area contributed by atoms with Crippen molar-refractivity contribution in [1.29, 1.82) is 0 Å². The van der Waals surface area contributed by atoms with Crippen molar-refractivity contribution in [3.63, 3.8) is 0 Å². The van der Waals surface area contributed by atoms with E-state index < -0.39 is 0 Å². The van der Waals surface area contributed by atoms with E-state index in [1.165, 1.54) is 6.07 Å². The van der Waals surface area contributed by atoms with Crippen LogP contribution in [0, 0.1) is 0 Å². The zero-order valence-electron chi connectivity index (χ0n) is 16.7. The average Bonchev–Trinajstić information content (AvgIpc) is 2.65. The number of amidine groups is 1. The highest BCUT2D eigenvalue weighted by atomic mass is 35.5. The van der Waals surface area contributed by atoms with Gasteiger partial charge in [0.15, 0.2) is 0 Å². The van der Waals surface area contributed by atoms with E-state index >= 15 is 0 Å². The summed E-state index contributed by atoms with van der Waals surface area (Å²) < 4.78 is 5.63. The van der Waals surface area contributed by atoms with Crippen molar-refractivity contribution in [1.82, 2.24) is 10.2 Å². The summed E-state index contributed by atoms with van der Waals surface area (Å²) >= 11 is 11.9. The fraction of sp³-hybridized carbons (Fsp3) is 0.600. The minimum atomic E-state index is -0.321. The molecule has 7 heteroatoms. The van der Waals surface area contributed by atoms with Gasteiger partial charge in [-0.15, -0.1) is 0 Å². The Labute approximate surface area is 173 Å². The number of ether oxygens (including phenoxy) is 1. The van der Waals surface area contributed by atoms with Gasteiger partial charge in [-0.1, -0.05) is 44.0 Å². The van der Waals surface area contributed by atoms with Crippen LogP contribution in [0.4, 0.5) is 0 Å². The van der Waals surface area contributed by atoms with Crippen LogP contribution in [0.5, 0.6) is 0 Å². The number of hydrogen-bond acceptors (Lipinski definition) is 4. The molecule has 27 heavy (non-hydrogen) atoms. The Balaban J connectivity index is 2.70. The summed E-state index contributed by atoms with van der Waals surface area (Å²) in [4.78, 5) is 19.4. The summed E-state index contributed by atoms with van der Waals surface area (Å²) in [6.07, 6.45) is 2.81. The molecular formula is C20H31Cl2N3O2. The van der Waals surface area contributed by atoms with Crippen molar-refractivity contribution in [3.05, 3.63) is 33.8 Å². The van der Waals surface area contributed by atoms with Crippen LogP contribution < -0.4 is 5.32 Å². The van der Waals surface area contributed by atoms with Crippen molar-refractivity contribution in [2.75, 3.05) is 26.2 Å². The Kier molecular flexibility index (Phi) is 11.4. The highest BCUT2D eigenvalue weighted by molar-refractivity contribution is 6.42. The van der Waals surface area contributed by atoms with Crippen molar-refractivity contribution in [3.8, 4) is 0 Å². The molecule has 152 valence electrons. The number of amides is 1. The lowest BCUT2D eigenvalue weighted by Crippen LogP contribution is -2.34. The van der Waals surface area contributed by atoms with E-state index in [1.807, 2.05) is 13.8 Å². The van der Waals surface area contributed by atoms with Crippen LogP contribution >= 0.6 is 23.2 Å². The van der Waals surface area contributed by atoms with E-state index in [9.17, 15) is 4.79 Å². The maximum absolute atomic E-state index is 12.5. The highest BCUT2D eigenvalue weighted by Gasteiger charge is 2.13. The van der Waals surface area contributed by atoms with Crippen LogP contribution in [0.3, 0.4) is 0 Å². The van der Waals surface area contributed by atoms with Gasteiger partial charge in [0.05, 0.1) is 22.7 Å². The van der Waals surface area contributed by atoms with Crippen molar-refractivity contribution in [2.24, 2.45) is 4.99 Å². The fourth-order valence-corrected chi connectivity index (χ4v) is 2.82. The summed E-state index contributed by atoms with van der Waals surface area (Å²) in [6.45, 7) is 12.0. The van der Waals surface area contributed by atoms with Gasteiger partial charge in [0.25, 0.3) is 11.9 Å². The highest BCUT2D eigenvalue weighted by Crippen LogP contribution is 2.22. The Morgan fingerprint density at radius 3 is 2.52 bits per heavy atom. The van der Waals surface area contributed by atoms with Crippen LogP contribution in [0.15, 0.2) is 23.2 Å². The molecule has 0 aliphatic heterocycles. The number of carbonyl (C=O) groups excluding carboxylic acids is 1. The Bertz CT molecular complexity index is 619. The average molecular weight is 416 g/mol. The van der Waals surface area contributed by atoms with E-state index in [0.29, 0.717) is 22.2 Å². The molecular weight excluding hydrogens is 385 g/mol. The molecule has 0 radical (unpaired) electrons. The molecule has 0 saturated heterocycles. The molecule has 0 bridgehead atoms. The SMILES string of the molecule is CCCOC(=N[C@H](C)CCCN(CC)CC)NC(=O)c1ccc(Cl)c(Cl)c1. The second kappa shape index (κ2) is 13.0. The molecule has 1 aromatic rings. The zero-order chi connectivity index (χ0) is 20.2. The van der Waals surface area contributed by atoms with E-state index in [-0.39, 0.29) is 18.0 Å². The van der Waals surface area contributed by atoms with Gasteiger partial charge in [0.1, 0.15) is 0 Å². The molecule has 0 aromatic heterocycles. The van der Waals surface area contributed by atoms with Crippen LogP contribution in [0.25, 0.3) is 0 Å². The minimum absolute atomic E-state index is 0.0570. The summed E-state index contributed by atoms with van der Waals surface area (Å²) in [5.74, 6) is -0.321. The zero-order valence-corrected chi connectivity index (χ0v) is 18.2. The topological polar surface area (TPSA) is 53.9 Å². The molecule has 1 rings (SSSR count). The predicted octanol–water partition coefficient (Wildman–Crippen LogP) is 5.02. The lowest BCUT2D eigenvalue weighted by Gasteiger charge is -2.18. The van der Waals surface area contributed by atoms with Crippen molar-refractivity contribution < 1.29 is 9.53 Å². The van der Waals surface area contributed by atoms with Gasteiger partial charge in [-0.3, -0.25) is 10.1 Å². The smallest absolute Gasteiger partial charge is 0.291 e. The molecule has 0 aliphatic carbocycles. The molecule has 0 aliphatic rings. The van der Waals surface area contributed by atoms with E-state index in [2.05, 4.69) is 29.1 Å². The molecule has 0 saturated carbocycles. The number of benzene rings is 1.